The predicted molar refractivity (Wildman–Crippen MR) is 85.2 cm³/mol. The van der Waals surface area contributed by atoms with Crippen molar-refractivity contribution in [2.24, 2.45) is 16.7 Å². The quantitative estimate of drug-likeness (QED) is 0.857. The van der Waals surface area contributed by atoms with Crippen molar-refractivity contribution in [3.8, 4) is 0 Å². The summed E-state index contributed by atoms with van der Waals surface area (Å²) in [7, 11) is 1.92. The molecule has 0 aromatic heterocycles. The van der Waals surface area contributed by atoms with E-state index in [9.17, 15) is 4.79 Å². The molecule has 2 saturated carbocycles. The first-order chi connectivity index (χ1) is 10.4. The van der Waals surface area contributed by atoms with Gasteiger partial charge in [0.1, 0.15) is 0 Å². The Morgan fingerprint density at radius 1 is 1.32 bits per heavy atom. The molecule has 22 heavy (non-hydrogen) atoms. The molecule has 3 aliphatic rings. The van der Waals surface area contributed by atoms with Crippen LogP contribution in [0.15, 0.2) is 30.3 Å². The number of ether oxygens (including phenoxy) is 1. The lowest BCUT2D eigenvalue weighted by Gasteiger charge is -2.42. The molecule has 4 atom stereocenters. The van der Waals surface area contributed by atoms with Gasteiger partial charge < -0.3 is 9.64 Å². The molecule has 1 amide bonds. The standard InChI is InChI=1S/C19H25NO2/c1-17-13-22-19(11-15(17)9-10-18(17,19)2)16(21)20(3)12-14-7-5-4-6-8-14/h4-8,15H,9-13H2,1-3H3. The predicted octanol–water partition coefficient (Wildman–Crippen LogP) is 3.24. The number of amides is 1. The van der Waals surface area contributed by atoms with Gasteiger partial charge in [0.2, 0.25) is 0 Å². The summed E-state index contributed by atoms with van der Waals surface area (Å²) in [5.41, 5.74) is 0.792. The second kappa shape index (κ2) is 4.35. The Kier molecular flexibility index (Phi) is 2.82. The molecule has 3 heteroatoms. The van der Waals surface area contributed by atoms with Crippen LogP contribution in [0.1, 0.15) is 38.7 Å². The Labute approximate surface area is 132 Å². The second-order valence-corrected chi connectivity index (χ2v) is 7.95. The number of likely N-dealkylation sites (N-methyl/N-ethyl adjacent to an activating group) is 1. The molecule has 3 fully saturated rings. The van der Waals surface area contributed by atoms with Crippen LogP contribution in [0.4, 0.5) is 0 Å². The minimum Gasteiger partial charge on any atom is -0.364 e. The summed E-state index contributed by atoms with van der Waals surface area (Å²) in [4.78, 5) is 15.1. The molecule has 1 saturated heterocycles. The highest BCUT2D eigenvalue weighted by molar-refractivity contribution is 5.88. The Bertz CT molecular complexity index is 615. The molecule has 4 rings (SSSR count). The average molecular weight is 299 g/mol. The van der Waals surface area contributed by atoms with E-state index in [1.807, 2.05) is 30.1 Å². The lowest BCUT2D eigenvalue weighted by molar-refractivity contribution is -0.166. The topological polar surface area (TPSA) is 29.5 Å². The van der Waals surface area contributed by atoms with Gasteiger partial charge in [-0.3, -0.25) is 4.79 Å². The fourth-order valence-electron chi connectivity index (χ4n) is 5.47. The molecule has 3 nitrogen and oxygen atoms in total. The van der Waals surface area contributed by atoms with Gasteiger partial charge in [0.25, 0.3) is 5.91 Å². The summed E-state index contributed by atoms with van der Waals surface area (Å²) in [6.07, 6.45) is 3.30. The molecule has 1 aliphatic heterocycles. The first kappa shape index (κ1) is 14.3. The summed E-state index contributed by atoms with van der Waals surface area (Å²) in [5, 5.41) is 0. The van der Waals surface area contributed by atoms with Crippen molar-refractivity contribution in [3.63, 3.8) is 0 Å². The maximum atomic E-state index is 13.3. The summed E-state index contributed by atoms with van der Waals surface area (Å²) >= 11 is 0. The van der Waals surface area contributed by atoms with Gasteiger partial charge in [0, 0.05) is 24.4 Å². The zero-order valence-electron chi connectivity index (χ0n) is 13.8. The molecule has 4 unspecified atom stereocenters. The second-order valence-electron chi connectivity index (χ2n) is 7.95. The molecule has 0 spiro atoms. The van der Waals surface area contributed by atoms with Crippen LogP contribution in [-0.4, -0.2) is 30.1 Å². The molecule has 118 valence electrons. The zero-order chi connectivity index (χ0) is 15.6. The number of hydrogen-bond donors (Lipinski definition) is 0. The highest BCUT2D eigenvalue weighted by atomic mass is 16.5. The third-order valence-electron chi connectivity index (χ3n) is 7.15. The van der Waals surface area contributed by atoms with Crippen LogP contribution in [0.2, 0.25) is 0 Å². The first-order valence-electron chi connectivity index (χ1n) is 8.36. The van der Waals surface area contributed by atoms with Gasteiger partial charge in [-0.05, 0) is 30.7 Å². The highest BCUT2D eigenvalue weighted by Crippen LogP contribution is 2.75. The van der Waals surface area contributed by atoms with Crippen LogP contribution in [0.25, 0.3) is 0 Å². The van der Waals surface area contributed by atoms with E-state index in [1.54, 1.807) is 0 Å². The van der Waals surface area contributed by atoms with Gasteiger partial charge in [-0.1, -0.05) is 44.2 Å². The largest absolute Gasteiger partial charge is 0.364 e. The lowest BCUT2D eigenvalue weighted by Crippen LogP contribution is -2.55. The lowest BCUT2D eigenvalue weighted by atomic mass is 9.66. The van der Waals surface area contributed by atoms with Crippen LogP contribution in [-0.2, 0) is 16.1 Å². The number of rotatable bonds is 3. The van der Waals surface area contributed by atoms with Crippen molar-refractivity contribution in [3.05, 3.63) is 35.9 Å². The van der Waals surface area contributed by atoms with Crippen LogP contribution < -0.4 is 0 Å². The van der Waals surface area contributed by atoms with Crippen molar-refractivity contribution in [1.82, 2.24) is 4.90 Å². The van der Waals surface area contributed by atoms with E-state index in [0.717, 1.165) is 19.4 Å². The summed E-state index contributed by atoms with van der Waals surface area (Å²) < 4.78 is 6.21. The van der Waals surface area contributed by atoms with E-state index in [0.29, 0.717) is 12.5 Å². The molecular formula is C19H25NO2. The Hall–Kier alpha value is -1.35. The molecule has 4 bridgehead atoms. The van der Waals surface area contributed by atoms with Gasteiger partial charge in [0.15, 0.2) is 5.60 Å². The van der Waals surface area contributed by atoms with Gasteiger partial charge in [0.05, 0.1) is 6.61 Å². The van der Waals surface area contributed by atoms with Crippen molar-refractivity contribution in [2.75, 3.05) is 13.7 Å². The van der Waals surface area contributed by atoms with Crippen molar-refractivity contribution >= 4 is 5.91 Å². The van der Waals surface area contributed by atoms with E-state index < -0.39 is 5.60 Å². The Morgan fingerprint density at radius 2 is 2.05 bits per heavy atom. The van der Waals surface area contributed by atoms with Gasteiger partial charge in [-0.15, -0.1) is 0 Å². The van der Waals surface area contributed by atoms with E-state index in [4.69, 9.17) is 4.74 Å². The monoisotopic (exact) mass is 299 g/mol. The average Bonchev–Trinajstić information content (AvgIpc) is 2.99. The number of carbonyl (C=O) groups excluding carboxylic acids is 1. The molecule has 1 heterocycles. The van der Waals surface area contributed by atoms with Crippen molar-refractivity contribution < 1.29 is 9.53 Å². The summed E-state index contributed by atoms with van der Waals surface area (Å²) in [6, 6.07) is 10.2. The molecule has 0 radical (unpaired) electrons. The minimum atomic E-state index is -0.575. The van der Waals surface area contributed by atoms with Gasteiger partial charge in [-0.25, -0.2) is 0 Å². The normalized spacial score (nSPS) is 41.9. The number of carbonyl (C=O) groups is 1. The SMILES string of the molecule is CN(Cc1ccccc1)C(=O)C12CC3CCC1(C)C3(C)CO2. The fourth-order valence-corrected chi connectivity index (χ4v) is 5.47. The highest BCUT2D eigenvalue weighted by Gasteiger charge is 2.78. The van der Waals surface area contributed by atoms with Gasteiger partial charge in [-0.2, -0.15) is 0 Å². The van der Waals surface area contributed by atoms with E-state index >= 15 is 0 Å². The number of nitrogens with zero attached hydrogens (tertiary/aromatic N) is 1. The zero-order valence-corrected chi connectivity index (χ0v) is 13.8. The Balaban J connectivity index is 1.61. The summed E-state index contributed by atoms with van der Waals surface area (Å²) in [6.45, 7) is 6.03. The van der Waals surface area contributed by atoms with E-state index in [1.165, 1.54) is 12.0 Å². The van der Waals surface area contributed by atoms with Crippen LogP contribution in [0.5, 0.6) is 0 Å². The Morgan fingerprint density at radius 3 is 2.68 bits per heavy atom. The van der Waals surface area contributed by atoms with Crippen LogP contribution in [0, 0.1) is 16.7 Å². The molecule has 1 aromatic carbocycles. The molecule has 1 aromatic rings. The minimum absolute atomic E-state index is 0.00664. The van der Waals surface area contributed by atoms with E-state index in [-0.39, 0.29) is 16.7 Å². The summed E-state index contributed by atoms with van der Waals surface area (Å²) in [5.74, 6) is 0.838. The number of benzene rings is 1. The first-order valence-corrected chi connectivity index (χ1v) is 8.36. The fraction of sp³-hybridized carbons (Fsp3) is 0.632. The smallest absolute Gasteiger partial charge is 0.255 e. The van der Waals surface area contributed by atoms with Gasteiger partial charge >= 0.3 is 0 Å². The third kappa shape index (κ3) is 1.48. The van der Waals surface area contributed by atoms with Crippen LogP contribution in [0.3, 0.4) is 0 Å². The maximum absolute atomic E-state index is 13.3. The van der Waals surface area contributed by atoms with E-state index in [2.05, 4.69) is 26.0 Å². The molecule has 0 N–H and O–H groups in total. The van der Waals surface area contributed by atoms with Crippen LogP contribution >= 0.6 is 0 Å². The number of hydrogen-bond acceptors (Lipinski definition) is 2. The van der Waals surface area contributed by atoms with Crippen molar-refractivity contribution in [1.29, 1.82) is 0 Å². The molecule has 2 aliphatic carbocycles. The third-order valence-corrected chi connectivity index (χ3v) is 7.15. The molecular weight excluding hydrogens is 274 g/mol. The van der Waals surface area contributed by atoms with Crippen molar-refractivity contribution in [2.45, 2.75) is 45.3 Å². The maximum Gasteiger partial charge on any atom is 0.255 e.